The third kappa shape index (κ3) is 3.10. The molecule has 22 heavy (non-hydrogen) atoms. The van der Waals surface area contributed by atoms with Gasteiger partial charge < -0.3 is 9.53 Å². The van der Waals surface area contributed by atoms with Crippen LogP contribution in [-0.4, -0.2) is 39.7 Å². The highest BCUT2D eigenvalue weighted by molar-refractivity contribution is 5.86. The van der Waals surface area contributed by atoms with Gasteiger partial charge in [0.2, 0.25) is 0 Å². The second-order valence-electron chi connectivity index (χ2n) is 6.20. The summed E-state index contributed by atoms with van der Waals surface area (Å²) in [6.45, 7) is 5.36. The van der Waals surface area contributed by atoms with E-state index in [1.54, 1.807) is 39.5 Å². The molecule has 0 aliphatic rings. The molecule has 118 valence electrons. The summed E-state index contributed by atoms with van der Waals surface area (Å²) >= 11 is 0. The molecule has 1 heterocycles. The molecule has 1 atom stereocenters. The normalized spacial score (nSPS) is 13.0. The van der Waals surface area contributed by atoms with Crippen LogP contribution in [0.25, 0.3) is 10.9 Å². The highest BCUT2D eigenvalue weighted by atomic mass is 16.6. The minimum Gasteiger partial charge on any atom is -0.444 e. The lowest BCUT2D eigenvalue weighted by Gasteiger charge is -2.28. The predicted octanol–water partition coefficient (Wildman–Crippen LogP) is 2.68. The Morgan fingerprint density at radius 1 is 1.36 bits per heavy atom. The first-order valence-electron chi connectivity index (χ1n) is 7.07. The Balaban J connectivity index is 2.40. The van der Waals surface area contributed by atoms with Crippen molar-refractivity contribution in [2.75, 3.05) is 7.05 Å². The Morgan fingerprint density at radius 3 is 2.59 bits per heavy atom. The number of fused-ring (bicyclic) bond motifs is 1. The van der Waals surface area contributed by atoms with Crippen LogP contribution in [0.5, 0.6) is 0 Å². The summed E-state index contributed by atoms with van der Waals surface area (Å²) in [7, 11) is 3.31. The number of benzene rings is 1. The zero-order valence-electron chi connectivity index (χ0n) is 13.5. The van der Waals surface area contributed by atoms with E-state index in [2.05, 4.69) is 5.10 Å². The molecular weight excluding hydrogens is 282 g/mol. The number of hydrogen-bond donors (Lipinski definition) is 0. The maximum Gasteiger partial charge on any atom is 0.410 e. The Labute approximate surface area is 129 Å². The van der Waals surface area contributed by atoms with Crippen molar-refractivity contribution >= 4 is 23.3 Å². The molecule has 0 aliphatic carbocycles. The van der Waals surface area contributed by atoms with Crippen molar-refractivity contribution in [2.45, 2.75) is 32.4 Å². The molecule has 2 aromatic rings. The number of rotatable bonds is 3. The molecule has 0 aliphatic heterocycles. The van der Waals surface area contributed by atoms with Gasteiger partial charge >= 0.3 is 6.09 Å². The van der Waals surface area contributed by atoms with Crippen molar-refractivity contribution in [2.24, 2.45) is 7.05 Å². The molecule has 0 spiro atoms. The first-order chi connectivity index (χ1) is 10.2. The van der Waals surface area contributed by atoms with Gasteiger partial charge in [-0.25, -0.2) is 4.79 Å². The number of aromatic nitrogens is 2. The molecule has 0 saturated carbocycles. The summed E-state index contributed by atoms with van der Waals surface area (Å²) in [6.07, 6.45) is 0.183. The molecule has 1 amide bonds. The fraction of sp³-hybridized carbons (Fsp3) is 0.438. The number of hydrogen-bond acceptors (Lipinski definition) is 4. The van der Waals surface area contributed by atoms with E-state index in [1.165, 1.54) is 4.90 Å². The largest absolute Gasteiger partial charge is 0.444 e. The first-order valence-corrected chi connectivity index (χ1v) is 7.07. The molecule has 2 rings (SSSR count). The van der Waals surface area contributed by atoms with Crippen LogP contribution in [0.3, 0.4) is 0 Å². The molecule has 0 N–H and O–H groups in total. The van der Waals surface area contributed by atoms with E-state index in [1.807, 2.05) is 24.3 Å². The van der Waals surface area contributed by atoms with Gasteiger partial charge in [0.05, 0.1) is 11.2 Å². The molecule has 6 heteroatoms. The van der Waals surface area contributed by atoms with Crippen molar-refractivity contribution in [1.82, 2.24) is 14.7 Å². The number of amides is 1. The summed E-state index contributed by atoms with van der Waals surface area (Å²) in [5, 5.41) is 5.22. The van der Waals surface area contributed by atoms with E-state index in [0.29, 0.717) is 5.69 Å². The number of nitrogens with zero attached hydrogens (tertiary/aromatic N) is 3. The number of likely N-dealkylation sites (N-methyl/N-ethyl adjacent to an activating group) is 1. The highest BCUT2D eigenvalue weighted by Gasteiger charge is 2.29. The van der Waals surface area contributed by atoms with Gasteiger partial charge in [0.1, 0.15) is 17.9 Å². The van der Waals surface area contributed by atoms with E-state index >= 15 is 0 Å². The van der Waals surface area contributed by atoms with Gasteiger partial charge in [-0.3, -0.25) is 9.58 Å². The molecule has 0 fully saturated rings. The van der Waals surface area contributed by atoms with Crippen molar-refractivity contribution < 1.29 is 14.3 Å². The lowest BCUT2D eigenvalue weighted by Crippen LogP contribution is -2.38. The molecule has 1 aromatic heterocycles. The smallest absolute Gasteiger partial charge is 0.410 e. The second kappa shape index (κ2) is 5.79. The van der Waals surface area contributed by atoms with Gasteiger partial charge in [0.25, 0.3) is 0 Å². The summed E-state index contributed by atoms with van der Waals surface area (Å²) in [4.78, 5) is 25.1. The topological polar surface area (TPSA) is 64.4 Å². The Kier molecular flexibility index (Phi) is 4.21. The van der Waals surface area contributed by atoms with Crippen LogP contribution in [0.1, 0.15) is 32.5 Å². The lowest BCUT2D eigenvalue weighted by atomic mass is 10.1. The monoisotopic (exact) mass is 303 g/mol. The number of carbonyl (C=O) groups is 2. The molecule has 0 bridgehead atoms. The third-order valence-corrected chi connectivity index (χ3v) is 3.29. The van der Waals surface area contributed by atoms with Gasteiger partial charge in [0, 0.05) is 19.5 Å². The van der Waals surface area contributed by atoms with Crippen LogP contribution in [0, 0.1) is 0 Å². The van der Waals surface area contributed by atoms with Crippen molar-refractivity contribution in [3.05, 3.63) is 30.0 Å². The zero-order chi connectivity index (χ0) is 16.5. The van der Waals surface area contributed by atoms with Gasteiger partial charge in [0.15, 0.2) is 0 Å². The molecule has 0 radical (unpaired) electrons. The number of aryl methyl sites for hydroxylation is 1. The van der Waals surface area contributed by atoms with E-state index in [4.69, 9.17) is 4.74 Å². The lowest BCUT2D eigenvalue weighted by molar-refractivity contribution is -0.112. The van der Waals surface area contributed by atoms with Gasteiger partial charge in [-0.1, -0.05) is 18.2 Å². The van der Waals surface area contributed by atoms with Gasteiger partial charge in [-0.05, 0) is 26.8 Å². The molecule has 0 saturated heterocycles. The maximum absolute atomic E-state index is 12.2. The maximum atomic E-state index is 12.2. The minimum atomic E-state index is -0.757. The van der Waals surface area contributed by atoms with Crippen LogP contribution >= 0.6 is 0 Å². The molecule has 6 nitrogen and oxygen atoms in total. The number of carbonyl (C=O) groups excluding carboxylic acids is 2. The minimum absolute atomic E-state index is 0.546. The summed E-state index contributed by atoms with van der Waals surface area (Å²) in [5.41, 5.74) is 0.830. The van der Waals surface area contributed by atoms with Crippen LogP contribution in [0.15, 0.2) is 24.3 Å². The quantitative estimate of drug-likeness (QED) is 0.818. The van der Waals surface area contributed by atoms with Crippen LogP contribution in [-0.2, 0) is 16.6 Å². The van der Waals surface area contributed by atoms with Crippen LogP contribution < -0.4 is 0 Å². The van der Waals surface area contributed by atoms with Crippen molar-refractivity contribution in [3.63, 3.8) is 0 Å². The zero-order valence-corrected chi connectivity index (χ0v) is 13.5. The molecular formula is C16H21N3O3. The SMILES string of the molecule is CN(C(=O)OC(C)(C)C)C(C=O)c1c2ccccc2nn1C. The fourth-order valence-electron chi connectivity index (χ4n) is 2.30. The Hall–Kier alpha value is -2.37. The van der Waals surface area contributed by atoms with Gasteiger partial charge in [-0.2, -0.15) is 5.10 Å². The standard InChI is InChI=1S/C16H21N3O3/c1-16(2,3)22-15(21)18(4)13(10-20)14-11-8-6-7-9-12(11)17-19(14)5/h6-10,13H,1-5H3. The summed E-state index contributed by atoms with van der Waals surface area (Å²) in [5.74, 6) is 0. The van der Waals surface area contributed by atoms with Crippen LogP contribution in [0.2, 0.25) is 0 Å². The average Bonchev–Trinajstić information content (AvgIpc) is 2.74. The first kappa shape index (κ1) is 16.0. The Bertz CT molecular complexity index is 700. The summed E-state index contributed by atoms with van der Waals surface area (Å²) in [6, 6.07) is 6.76. The number of aldehydes is 1. The number of ether oxygens (including phenoxy) is 1. The predicted molar refractivity (Wildman–Crippen MR) is 83.5 cm³/mol. The molecule has 1 aromatic carbocycles. The summed E-state index contributed by atoms with van der Waals surface area (Å²) < 4.78 is 6.96. The molecule has 1 unspecified atom stereocenters. The van der Waals surface area contributed by atoms with Gasteiger partial charge in [-0.15, -0.1) is 0 Å². The second-order valence-corrected chi connectivity index (χ2v) is 6.20. The van der Waals surface area contributed by atoms with E-state index < -0.39 is 17.7 Å². The average molecular weight is 303 g/mol. The van der Waals surface area contributed by atoms with Crippen molar-refractivity contribution in [3.8, 4) is 0 Å². The third-order valence-electron chi connectivity index (χ3n) is 3.29. The highest BCUT2D eigenvalue weighted by Crippen LogP contribution is 2.27. The van der Waals surface area contributed by atoms with E-state index in [0.717, 1.165) is 17.2 Å². The Morgan fingerprint density at radius 2 is 2.00 bits per heavy atom. The van der Waals surface area contributed by atoms with E-state index in [-0.39, 0.29) is 0 Å². The fourth-order valence-corrected chi connectivity index (χ4v) is 2.30. The van der Waals surface area contributed by atoms with Crippen molar-refractivity contribution in [1.29, 1.82) is 0 Å². The van der Waals surface area contributed by atoms with Crippen LogP contribution in [0.4, 0.5) is 4.79 Å². The van der Waals surface area contributed by atoms with E-state index in [9.17, 15) is 9.59 Å².